The van der Waals surface area contributed by atoms with Gasteiger partial charge >= 0.3 is 0 Å². The minimum Gasteiger partial charge on any atom is -0.264 e. The third-order valence-corrected chi connectivity index (χ3v) is 4.83. The van der Waals surface area contributed by atoms with Gasteiger partial charge in [-0.2, -0.15) is 0 Å². The van der Waals surface area contributed by atoms with Crippen molar-refractivity contribution < 1.29 is 0 Å². The lowest BCUT2D eigenvalue weighted by Gasteiger charge is -2.04. The van der Waals surface area contributed by atoms with Crippen molar-refractivity contribution >= 4 is 0 Å². The predicted octanol–water partition coefficient (Wildman–Crippen LogP) is 5.97. The van der Waals surface area contributed by atoms with Gasteiger partial charge in [-0.1, -0.05) is 60.4 Å². The molecule has 30 heavy (non-hydrogen) atoms. The third kappa shape index (κ3) is 6.72. The number of nitrogens with zero attached hydrogens (tertiary/aromatic N) is 2. The van der Waals surface area contributed by atoms with Crippen LogP contribution in [0.25, 0.3) is 0 Å². The standard InChI is InChI=1S/C14H15N.C14H11N/c2*1-12-9-10-15-11-14(12)8-7-13-5-3-2-4-6-13/h2-6,9-11H,7-8H2,1H3;2-6,9-11H,1H3. The molecule has 148 valence electrons. The van der Waals surface area contributed by atoms with E-state index in [1.807, 2.05) is 55.7 Å². The van der Waals surface area contributed by atoms with Crippen LogP contribution in [0.3, 0.4) is 0 Å². The molecular weight excluding hydrogens is 364 g/mol. The van der Waals surface area contributed by atoms with Crippen LogP contribution in [0.4, 0.5) is 0 Å². The van der Waals surface area contributed by atoms with Crippen LogP contribution >= 0.6 is 0 Å². The molecule has 0 aliphatic carbocycles. The first-order valence-corrected chi connectivity index (χ1v) is 10.1. The summed E-state index contributed by atoms with van der Waals surface area (Å²) in [7, 11) is 0. The SMILES string of the molecule is Cc1ccncc1C#Cc1ccccc1.Cc1ccncc1CCc1ccccc1. The van der Waals surface area contributed by atoms with Crippen molar-refractivity contribution in [1.82, 2.24) is 9.97 Å². The van der Waals surface area contributed by atoms with Crippen molar-refractivity contribution in [2.45, 2.75) is 26.7 Å². The molecule has 0 unspecified atom stereocenters. The summed E-state index contributed by atoms with van der Waals surface area (Å²) in [6.07, 6.45) is 9.56. The minimum absolute atomic E-state index is 0.987. The van der Waals surface area contributed by atoms with Gasteiger partial charge in [-0.25, -0.2) is 0 Å². The highest BCUT2D eigenvalue weighted by atomic mass is 14.6. The average molecular weight is 391 g/mol. The van der Waals surface area contributed by atoms with Gasteiger partial charge in [0, 0.05) is 35.9 Å². The Morgan fingerprint density at radius 2 is 1.27 bits per heavy atom. The van der Waals surface area contributed by atoms with Gasteiger partial charge in [0.25, 0.3) is 0 Å². The van der Waals surface area contributed by atoms with Crippen LogP contribution in [0.15, 0.2) is 97.6 Å². The zero-order valence-electron chi connectivity index (χ0n) is 17.5. The molecule has 0 fully saturated rings. The molecule has 0 radical (unpaired) electrons. The van der Waals surface area contributed by atoms with Crippen molar-refractivity contribution in [3.05, 3.63) is 131 Å². The van der Waals surface area contributed by atoms with Gasteiger partial charge in [-0.15, -0.1) is 0 Å². The molecule has 0 amide bonds. The van der Waals surface area contributed by atoms with Gasteiger partial charge in [0.1, 0.15) is 0 Å². The summed E-state index contributed by atoms with van der Waals surface area (Å²) in [5.74, 6) is 6.23. The molecule has 0 bridgehead atoms. The number of benzene rings is 2. The fourth-order valence-corrected chi connectivity index (χ4v) is 2.94. The number of pyridine rings is 2. The smallest absolute Gasteiger partial charge is 0.0461 e. The monoisotopic (exact) mass is 390 g/mol. The first kappa shape index (κ1) is 21.0. The van der Waals surface area contributed by atoms with E-state index in [1.54, 1.807) is 12.4 Å². The molecule has 2 heteroatoms. The Bertz CT molecular complexity index is 1100. The number of aromatic nitrogens is 2. The Balaban J connectivity index is 0.000000171. The lowest BCUT2D eigenvalue weighted by molar-refractivity contribution is 0.938. The summed E-state index contributed by atoms with van der Waals surface area (Å²) in [5, 5.41) is 0. The number of hydrogen-bond donors (Lipinski definition) is 0. The van der Waals surface area contributed by atoms with Crippen LogP contribution in [0.5, 0.6) is 0 Å². The van der Waals surface area contributed by atoms with Crippen LogP contribution in [-0.2, 0) is 12.8 Å². The van der Waals surface area contributed by atoms with Gasteiger partial charge in [0.15, 0.2) is 0 Å². The first-order valence-electron chi connectivity index (χ1n) is 10.1. The molecule has 4 aromatic rings. The summed E-state index contributed by atoms with van der Waals surface area (Å²) in [6, 6.07) is 24.6. The second-order valence-corrected chi connectivity index (χ2v) is 7.09. The molecule has 2 nitrogen and oxygen atoms in total. The van der Waals surface area contributed by atoms with Gasteiger partial charge in [-0.3, -0.25) is 9.97 Å². The normalized spacial score (nSPS) is 9.67. The van der Waals surface area contributed by atoms with Crippen LogP contribution in [-0.4, -0.2) is 9.97 Å². The van der Waals surface area contributed by atoms with Gasteiger partial charge < -0.3 is 0 Å². The average Bonchev–Trinajstić information content (AvgIpc) is 2.80. The fourth-order valence-electron chi connectivity index (χ4n) is 2.94. The topological polar surface area (TPSA) is 25.8 Å². The molecule has 0 saturated carbocycles. The molecule has 0 N–H and O–H groups in total. The summed E-state index contributed by atoms with van der Waals surface area (Å²) >= 11 is 0. The lowest BCUT2D eigenvalue weighted by Crippen LogP contribution is -1.94. The van der Waals surface area contributed by atoms with E-state index in [0.29, 0.717) is 0 Å². The molecular formula is C28H26N2. The molecule has 4 rings (SSSR count). The Hall–Kier alpha value is -3.70. The quantitative estimate of drug-likeness (QED) is 0.403. The molecule has 0 aliphatic heterocycles. The Morgan fingerprint density at radius 3 is 1.93 bits per heavy atom. The Morgan fingerprint density at radius 1 is 0.633 bits per heavy atom. The number of rotatable bonds is 3. The van der Waals surface area contributed by atoms with Crippen molar-refractivity contribution in [3.8, 4) is 11.8 Å². The van der Waals surface area contributed by atoms with E-state index >= 15 is 0 Å². The highest BCUT2D eigenvalue weighted by Gasteiger charge is 1.98. The third-order valence-electron chi connectivity index (χ3n) is 4.83. The van der Waals surface area contributed by atoms with Crippen LogP contribution < -0.4 is 0 Å². The zero-order chi connectivity index (χ0) is 21.0. The van der Waals surface area contributed by atoms with E-state index < -0.39 is 0 Å². The van der Waals surface area contributed by atoms with Gasteiger partial charge in [0.05, 0.1) is 0 Å². The molecule has 2 aromatic carbocycles. The Kier molecular flexibility index (Phi) is 7.94. The van der Waals surface area contributed by atoms with Crippen molar-refractivity contribution in [2.24, 2.45) is 0 Å². The molecule has 0 aliphatic rings. The summed E-state index contributed by atoms with van der Waals surface area (Å²) in [4.78, 5) is 8.21. The summed E-state index contributed by atoms with van der Waals surface area (Å²) in [5.41, 5.74) is 7.25. The van der Waals surface area contributed by atoms with Gasteiger partial charge in [-0.05, 0) is 73.2 Å². The fraction of sp³-hybridized carbons (Fsp3) is 0.143. The minimum atomic E-state index is 0.987. The van der Waals surface area contributed by atoms with E-state index in [4.69, 9.17) is 0 Å². The molecule has 2 aromatic heterocycles. The molecule has 0 atom stereocenters. The molecule has 2 heterocycles. The van der Waals surface area contributed by atoms with E-state index in [-0.39, 0.29) is 0 Å². The zero-order valence-corrected chi connectivity index (χ0v) is 17.5. The van der Waals surface area contributed by atoms with Crippen LogP contribution in [0.2, 0.25) is 0 Å². The summed E-state index contributed by atoms with van der Waals surface area (Å²) in [6.45, 7) is 4.18. The van der Waals surface area contributed by atoms with E-state index in [9.17, 15) is 0 Å². The lowest BCUT2D eigenvalue weighted by atomic mass is 10.0. The number of hydrogen-bond acceptors (Lipinski definition) is 2. The highest BCUT2D eigenvalue weighted by Crippen LogP contribution is 2.10. The van der Waals surface area contributed by atoms with Crippen molar-refractivity contribution in [1.29, 1.82) is 0 Å². The first-order chi connectivity index (χ1) is 14.7. The van der Waals surface area contributed by atoms with E-state index in [1.165, 1.54) is 16.7 Å². The second kappa shape index (κ2) is 11.3. The van der Waals surface area contributed by atoms with Crippen molar-refractivity contribution in [3.63, 3.8) is 0 Å². The maximum absolute atomic E-state index is 4.16. The predicted molar refractivity (Wildman–Crippen MR) is 124 cm³/mol. The largest absolute Gasteiger partial charge is 0.264 e. The van der Waals surface area contributed by atoms with E-state index in [2.05, 4.69) is 65.1 Å². The second-order valence-electron chi connectivity index (χ2n) is 7.09. The molecule has 0 spiro atoms. The van der Waals surface area contributed by atoms with Crippen LogP contribution in [0.1, 0.15) is 33.4 Å². The maximum Gasteiger partial charge on any atom is 0.0461 e. The Labute approximate surface area is 179 Å². The van der Waals surface area contributed by atoms with Crippen LogP contribution in [0, 0.1) is 25.7 Å². The van der Waals surface area contributed by atoms with Gasteiger partial charge in [0.2, 0.25) is 0 Å². The van der Waals surface area contributed by atoms with Crippen molar-refractivity contribution in [2.75, 3.05) is 0 Å². The summed E-state index contributed by atoms with van der Waals surface area (Å²) < 4.78 is 0. The maximum atomic E-state index is 4.16. The number of aryl methyl sites for hydroxylation is 4. The molecule has 0 saturated heterocycles. The van der Waals surface area contributed by atoms with E-state index in [0.717, 1.165) is 29.5 Å². The highest BCUT2D eigenvalue weighted by molar-refractivity contribution is 5.44.